The number of aliphatic carboxylic acids is 1. The number of hydrogen-bond acceptors (Lipinski definition) is 5. The molecule has 1 N–H and O–H groups in total. The molecular formula is C10H19N5O2. The average Bonchev–Trinajstić information content (AvgIpc) is 2.60. The second-order valence-electron chi connectivity index (χ2n) is 4.53. The highest BCUT2D eigenvalue weighted by molar-refractivity contribution is 5.66. The lowest BCUT2D eigenvalue weighted by molar-refractivity contribution is -0.138. The molecule has 1 unspecified atom stereocenters. The van der Waals surface area contributed by atoms with Crippen molar-refractivity contribution in [1.29, 1.82) is 0 Å². The second kappa shape index (κ2) is 6.29. The summed E-state index contributed by atoms with van der Waals surface area (Å²) in [7, 11) is 3.97. The third kappa shape index (κ3) is 4.90. The fourth-order valence-electron chi connectivity index (χ4n) is 1.53. The van der Waals surface area contributed by atoms with E-state index < -0.39 is 5.97 Å². The van der Waals surface area contributed by atoms with Gasteiger partial charge in [0.1, 0.15) is 0 Å². The quantitative estimate of drug-likeness (QED) is 0.717. The van der Waals surface area contributed by atoms with Crippen LogP contribution in [0.2, 0.25) is 0 Å². The van der Waals surface area contributed by atoms with Gasteiger partial charge in [0.15, 0.2) is 5.82 Å². The first kappa shape index (κ1) is 13.6. The van der Waals surface area contributed by atoms with Crippen molar-refractivity contribution in [3.8, 4) is 0 Å². The smallest absolute Gasteiger partial charge is 0.303 e. The van der Waals surface area contributed by atoms with Gasteiger partial charge in [0.2, 0.25) is 0 Å². The molecule has 0 aromatic carbocycles. The molecule has 0 amide bonds. The van der Waals surface area contributed by atoms with E-state index in [9.17, 15) is 4.79 Å². The number of nitrogens with zero attached hydrogens (tertiary/aromatic N) is 5. The average molecular weight is 241 g/mol. The lowest BCUT2D eigenvalue weighted by Crippen LogP contribution is -2.20. The summed E-state index contributed by atoms with van der Waals surface area (Å²) >= 11 is 0. The topological polar surface area (TPSA) is 84.1 Å². The van der Waals surface area contributed by atoms with E-state index in [-0.39, 0.29) is 12.3 Å². The van der Waals surface area contributed by atoms with Crippen molar-refractivity contribution in [2.75, 3.05) is 20.6 Å². The molecule has 0 radical (unpaired) electrons. The minimum atomic E-state index is -0.791. The van der Waals surface area contributed by atoms with Gasteiger partial charge in [-0.3, -0.25) is 4.79 Å². The Morgan fingerprint density at radius 1 is 1.53 bits per heavy atom. The highest BCUT2D eigenvalue weighted by atomic mass is 16.4. The standard InChI is InChI=1S/C10H19N5O2/c1-8(6-10(16)17)7-15-9(11-12-13-15)4-5-14(2)3/h8H,4-7H2,1-3H3,(H,16,17). The Bertz CT molecular complexity index is 363. The number of aromatic nitrogens is 4. The van der Waals surface area contributed by atoms with E-state index in [1.54, 1.807) is 4.68 Å². The van der Waals surface area contributed by atoms with Crippen molar-refractivity contribution >= 4 is 5.97 Å². The van der Waals surface area contributed by atoms with Crippen LogP contribution in [0.3, 0.4) is 0 Å². The Morgan fingerprint density at radius 3 is 2.82 bits per heavy atom. The lowest BCUT2D eigenvalue weighted by Gasteiger charge is -2.11. The minimum absolute atomic E-state index is 0.0223. The molecule has 0 saturated carbocycles. The van der Waals surface area contributed by atoms with Gasteiger partial charge >= 0.3 is 5.97 Å². The number of carboxylic acid groups (broad SMARTS) is 1. The normalized spacial score (nSPS) is 12.9. The summed E-state index contributed by atoms with van der Waals surface area (Å²) in [4.78, 5) is 12.6. The van der Waals surface area contributed by atoms with Crippen LogP contribution in [-0.4, -0.2) is 56.8 Å². The van der Waals surface area contributed by atoms with Crippen molar-refractivity contribution in [1.82, 2.24) is 25.1 Å². The van der Waals surface area contributed by atoms with Crippen LogP contribution < -0.4 is 0 Å². The van der Waals surface area contributed by atoms with Gasteiger partial charge < -0.3 is 10.0 Å². The van der Waals surface area contributed by atoms with Gasteiger partial charge in [0.25, 0.3) is 0 Å². The number of tetrazole rings is 1. The molecule has 0 saturated heterocycles. The van der Waals surface area contributed by atoms with E-state index >= 15 is 0 Å². The molecule has 0 aliphatic heterocycles. The molecule has 1 atom stereocenters. The molecule has 96 valence electrons. The molecule has 1 aromatic rings. The van der Waals surface area contributed by atoms with E-state index in [1.165, 1.54) is 0 Å². The summed E-state index contributed by atoms with van der Waals surface area (Å²) in [6, 6.07) is 0. The zero-order valence-corrected chi connectivity index (χ0v) is 10.5. The molecule has 1 rings (SSSR count). The van der Waals surface area contributed by atoms with E-state index in [4.69, 9.17) is 5.11 Å². The van der Waals surface area contributed by atoms with Crippen molar-refractivity contribution in [2.45, 2.75) is 26.3 Å². The molecule has 1 heterocycles. The van der Waals surface area contributed by atoms with Crippen LogP contribution in [0, 0.1) is 5.92 Å². The number of likely N-dealkylation sites (N-methyl/N-ethyl adjacent to an activating group) is 1. The Labute approximate surface area is 100 Å². The van der Waals surface area contributed by atoms with Crippen LogP contribution in [0.25, 0.3) is 0 Å². The lowest BCUT2D eigenvalue weighted by atomic mass is 10.1. The zero-order chi connectivity index (χ0) is 12.8. The number of rotatable bonds is 7. The summed E-state index contributed by atoms with van der Waals surface area (Å²) in [5.41, 5.74) is 0. The Hall–Kier alpha value is -1.50. The first-order valence-corrected chi connectivity index (χ1v) is 5.60. The highest BCUT2D eigenvalue weighted by Crippen LogP contribution is 2.06. The number of carboxylic acids is 1. The molecule has 7 heteroatoms. The summed E-state index contributed by atoms with van der Waals surface area (Å²) < 4.78 is 1.69. The first-order chi connectivity index (χ1) is 7.99. The SMILES string of the molecule is CC(CC(=O)O)Cn1nnnc1CCN(C)C. The summed E-state index contributed by atoms with van der Waals surface area (Å²) in [5, 5.41) is 20.2. The third-order valence-electron chi connectivity index (χ3n) is 2.40. The van der Waals surface area contributed by atoms with Crippen molar-refractivity contribution in [3.05, 3.63) is 5.82 Å². The maximum absolute atomic E-state index is 10.6. The minimum Gasteiger partial charge on any atom is -0.481 e. The van der Waals surface area contributed by atoms with Gasteiger partial charge in [0, 0.05) is 25.9 Å². The van der Waals surface area contributed by atoms with Gasteiger partial charge in [-0.05, 0) is 30.4 Å². The van der Waals surface area contributed by atoms with Gasteiger partial charge in [-0.2, -0.15) is 0 Å². The van der Waals surface area contributed by atoms with E-state index in [0.717, 1.165) is 18.8 Å². The summed E-state index contributed by atoms with van der Waals surface area (Å²) in [6.45, 7) is 3.29. The largest absolute Gasteiger partial charge is 0.481 e. The predicted octanol–water partition coefficient (Wildman–Crippen LogP) is -0.112. The van der Waals surface area contributed by atoms with Crippen LogP contribution in [0.5, 0.6) is 0 Å². The summed E-state index contributed by atoms with van der Waals surface area (Å²) in [6.07, 6.45) is 0.896. The molecule has 7 nitrogen and oxygen atoms in total. The molecule has 1 aromatic heterocycles. The Balaban J connectivity index is 2.53. The molecule has 17 heavy (non-hydrogen) atoms. The monoisotopic (exact) mass is 241 g/mol. The Kier molecular flexibility index (Phi) is 5.02. The third-order valence-corrected chi connectivity index (χ3v) is 2.40. The maximum atomic E-state index is 10.6. The second-order valence-corrected chi connectivity index (χ2v) is 4.53. The molecule has 0 aliphatic rings. The fraction of sp³-hybridized carbons (Fsp3) is 0.800. The van der Waals surface area contributed by atoms with Gasteiger partial charge in [-0.1, -0.05) is 6.92 Å². The number of hydrogen-bond donors (Lipinski definition) is 1. The molecule has 0 bridgehead atoms. The van der Waals surface area contributed by atoms with Gasteiger partial charge in [-0.25, -0.2) is 4.68 Å². The van der Waals surface area contributed by atoms with Crippen LogP contribution in [0.1, 0.15) is 19.2 Å². The van der Waals surface area contributed by atoms with Crippen molar-refractivity contribution in [2.24, 2.45) is 5.92 Å². The van der Waals surface area contributed by atoms with E-state index in [2.05, 4.69) is 20.4 Å². The van der Waals surface area contributed by atoms with Gasteiger partial charge in [-0.15, -0.1) is 5.10 Å². The van der Waals surface area contributed by atoms with Crippen LogP contribution in [0.4, 0.5) is 0 Å². The number of carbonyl (C=O) groups is 1. The Morgan fingerprint density at radius 2 is 2.24 bits per heavy atom. The molecular weight excluding hydrogens is 222 g/mol. The molecule has 0 aliphatic carbocycles. The molecule has 0 spiro atoms. The maximum Gasteiger partial charge on any atom is 0.303 e. The van der Waals surface area contributed by atoms with Gasteiger partial charge in [0.05, 0.1) is 0 Å². The van der Waals surface area contributed by atoms with Crippen molar-refractivity contribution in [3.63, 3.8) is 0 Å². The summed E-state index contributed by atoms with van der Waals surface area (Å²) in [5.74, 6) is 0.0328. The zero-order valence-electron chi connectivity index (χ0n) is 10.5. The molecule has 0 fully saturated rings. The predicted molar refractivity (Wildman–Crippen MR) is 61.5 cm³/mol. The van der Waals surface area contributed by atoms with Crippen LogP contribution in [-0.2, 0) is 17.8 Å². The van der Waals surface area contributed by atoms with E-state index in [1.807, 2.05) is 21.0 Å². The van der Waals surface area contributed by atoms with Crippen LogP contribution >= 0.6 is 0 Å². The highest BCUT2D eigenvalue weighted by Gasteiger charge is 2.12. The first-order valence-electron chi connectivity index (χ1n) is 5.60. The van der Waals surface area contributed by atoms with E-state index in [0.29, 0.717) is 6.54 Å². The van der Waals surface area contributed by atoms with Crippen LogP contribution in [0.15, 0.2) is 0 Å². The van der Waals surface area contributed by atoms with Crippen molar-refractivity contribution < 1.29 is 9.90 Å². The fourth-order valence-corrected chi connectivity index (χ4v) is 1.53.